The summed E-state index contributed by atoms with van der Waals surface area (Å²) in [6, 6.07) is 8.06. The van der Waals surface area contributed by atoms with Crippen LogP contribution in [-0.4, -0.2) is 14.9 Å². The van der Waals surface area contributed by atoms with E-state index in [2.05, 4.69) is 9.97 Å². The SMILES string of the molecule is N#Cc1cc(F)ccn1.N#Cc1cc([N+](=O)[O-])ccn1. The first-order valence-corrected chi connectivity index (χ1v) is 5.09. The minimum Gasteiger partial charge on any atom is -0.258 e. The zero-order chi connectivity index (χ0) is 15.0. The van der Waals surface area contributed by atoms with E-state index in [-0.39, 0.29) is 17.1 Å². The third-order valence-electron chi connectivity index (χ3n) is 1.91. The smallest absolute Gasteiger partial charge is 0.258 e. The molecule has 7 nitrogen and oxygen atoms in total. The van der Waals surface area contributed by atoms with E-state index in [1.165, 1.54) is 24.5 Å². The summed E-state index contributed by atoms with van der Waals surface area (Å²) in [7, 11) is 0. The second-order valence-electron chi connectivity index (χ2n) is 3.24. The maximum atomic E-state index is 12.2. The van der Waals surface area contributed by atoms with Crippen molar-refractivity contribution >= 4 is 5.69 Å². The highest BCUT2D eigenvalue weighted by Gasteiger charge is 2.04. The van der Waals surface area contributed by atoms with Crippen molar-refractivity contribution in [2.45, 2.75) is 0 Å². The maximum absolute atomic E-state index is 12.2. The predicted octanol–water partition coefficient (Wildman–Crippen LogP) is 1.95. The van der Waals surface area contributed by atoms with E-state index in [4.69, 9.17) is 10.5 Å². The molecule has 0 bridgehead atoms. The number of nitriles is 2. The summed E-state index contributed by atoms with van der Waals surface area (Å²) < 4.78 is 12.2. The molecule has 0 fully saturated rings. The number of aromatic nitrogens is 2. The van der Waals surface area contributed by atoms with Crippen LogP contribution in [0.5, 0.6) is 0 Å². The molecule has 0 aliphatic rings. The topological polar surface area (TPSA) is 116 Å². The van der Waals surface area contributed by atoms with Gasteiger partial charge in [-0.15, -0.1) is 0 Å². The second-order valence-corrected chi connectivity index (χ2v) is 3.24. The molecule has 0 spiro atoms. The zero-order valence-electron chi connectivity index (χ0n) is 9.89. The third-order valence-corrected chi connectivity index (χ3v) is 1.91. The maximum Gasteiger partial charge on any atom is 0.273 e. The average Bonchev–Trinajstić information content (AvgIpc) is 2.48. The molecule has 98 valence electrons. The van der Waals surface area contributed by atoms with Gasteiger partial charge in [-0.25, -0.2) is 14.4 Å². The van der Waals surface area contributed by atoms with Gasteiger partial charge < -0.3 is 0 Å². The number of hydrogen-bond acceptors (Lipinski definition) is 6. The summed E-state index contributed by atoms with van der Waals surface area (Å²) in [6.45, 7) is 0. The van der Waals surface area contributed by atoms with Crippen molar-refractivity contribution < 1.29 is 9.31 Å². The van der Waals surface area contributed by atoms with Gasteiger partial charge in [0, 0.05) is 24.5 Å². The van der Waals surface area contributed by atoms with Gasteiger partial charge in [-0.3, -0.25) is 10.1 Å². The molecule has 0 aliphatic carbocycles. The monoisotopic (exact) mass is 271 g/mol. The fourth-order valence-corrected chi connectivity index (χ4v) is 1.06. The van der Waals surface area contributed by atoms with Crippen LogP contribution < -0.4 is 0 Å². The molecule has 0 radical (unpaired) electrons. The van der Waals surface area contributed by atoms with Crippen LogP contribution in [0.15, 0.2) is 36.7 Å². The van der Waals surface area contributed by atoms with Gasteiger partial charge in [0.2, 0.25) is 0 Å². The van der Waals surface area contributed by atoms with Crippen LogP contribution >= 0.6 is 0 Å². The highest BCUT2D eigenvalue weighted by molar-refractivity contribution is 5.34. The van der Waals surface area contributed by atoms with Crippen LogP contribution in [-0.2, 0) is 0 Å². The van der Waals surface area contributed by atoms with Crippen LogP contribution in [0.1, 0.15) is 11.4 Å². The van der Waals surface area contributed by atoms with Gasteiger partial charge in [-0.2, -0.15) is 10.5 Å². The third kappa shape index (κ3) is 4.47. The van der Waals surface area contributed by atoms with Gasteiger partial charge in [0.15, 0.2) is 0 Å². The predicted molar refractivity (Wildman–Crippen MR) is 64.5 cm³/mol. The first kappa shape index (κ1) is 14.7. The van der Waals surface area contributed by atoms with Crippen molar-refractivity contribution in [1.29, 1.82) is 10.5 Å². The average molecular weight is 271 g/mol. The molecule has 0 aliphatic heterocycles. The molecule has 2 aromatic heterocycles. The van der Waals surface area contributed by atoms with Crippen LogP contribution in [0.2, 0.25) is 0 Å². The van der Waals surface area contributed by atoms with Gasteiger partial charge in [0.1, 0.15) is 29.3 Å². The quantitative estimate of drug-likeness (QED) is 0.578. The van der Waals surface area contributed by atoms with Crippen LogP contribution in [0.4, 0.5) is 10.1 Å². The lowest BCUT2D eigenvalue weighted by Crippen LogP contribution is -1.89. The largest absolute Gasteiger partial charge is 0.273 e. The standard InChI is InChI=1S/C6H3FN2.C6H3N3O2/c7-5-1-2-9-6(3-5)4-8;7-4-5-3-6(9(10)11)1-2-8-5/h1-3H;1-3H. The van der Waals surface area contributed by atoms with E-state index in [1.54, 1.807) is 12.1 Å². The van der Waals surface area contributed by atoms with E-state index in [0.29, 0.717) is 0 Å². The molecule has 0 saturated carbocycles. The fourth-order valence-electron chi connectivity index (χ4n) is 1.06. The van der Waals surface area contributed by atoms with Crippen molar-refractivity contribution in [3.05, 3.63) is 64.0 Å². The molecule has 20 heavy (non-hydrogen) atoms. The Balaban J connectivity index is 0.000000204. The number of pyridine rings is 2. The lowest BCUT2D eigenvalue weighted by molar-refractivity contribution is -0.385. The second kappa shape index (κ2) is 7.13. The van der Waals surface area contributed by atoms with Crippen LogP contribution in [0.25, 0.3) is 0 Å². The van der Waals surface area contributed by atoms with Gasteiger partial charge in [0.05, 0.1) is 11.0 Å². The first-order valence-electron chi connectivity index (χ1n) is 5.09. The van der Waals surface area contributed by atoms with Crippen molar-refractivity contribution in [2.75, 3.05) is 0 Å². The summed E-state index contributed by atoms with van der Waals surface area (Å²) in [6.07, 6.45) is 2.49. The number of nitrogens with zero attached hydrogens (tertiary/aromatic N) is 5. The molecule has 0 amide bonds. The molecular formula is C12H6FN5O2. The van der Waals surface area contributed by atoms with Gasteiger partial charge in [-0.1, -0.05) is 0 Å². The van der Waals surface area contributed by atoms with Gasteiger partial charge >= 0.3 is 0 Å². The van der Waals surface area contributed by atoms with Gasteiger partial charge in [-0.05, 0) is 6.07 Å². The van der Waals surface area contributed by atoms with Crippen LogP contribution in [0, 0.1) is 38.6 Å². The number of halogens is 1. The Bertz CT molecular complexity index is 705. The molecule has 0 saturated heterocycles. The minimum atomic E-state index is -0.567. The summed E-state index contributed by atoms with van der Waals surface area (Å²) >= 11 is 0. The van der Waals surface area contributed by atoms with E-state index >= 15 is 0 Å². The molecule has 2 aromatic rings. The summed E-state index contributed by atoms with van der Waals surface area (Å²) in [5.41, 5.74) is 0.0470. The van der Waals surface area contributed by atoms with E-state index in [1.807, 2.05) is 0 Å². The van der Waals surface area contributed by atoms with Crippen molar-refractivity contribution in [3.63, 3.8) is 0 Å². The van der Waals surface area contributed by atoms with Crippen molar-refractivity contribution in [3.8, 4) is 12.1 Å². The van der Waals surface area contributed by atoms with Crippen molar-refractivity contribution in [1.82, 2.24) is 9.97 Å². The summed E-state index contributed by atoms with van der Waals surface area (Å²) in [5.74, 6) is -0.429. The summed E-state index contributed by atoms with van der Waals surface area (Å²) in [4.78, 5) is 16.7. The Labute approximate surface area is 112 Å². The van der Waals surface area contributed by atoms with E-state index in [0.717, 1.165) is 12.1 Å². The molecule has 0 atom stereocenters. The molecular weight excluding hydrogens is 265 g/mol. The minimum absolute atomic E-state index is 0.0548. The molecule has 8 heteroatoms. The Morgan fingerprint density at radius 1 is 1.10 bits per heavy atom. The molecule has 0 aromatic carbocycles. The van der Waals surface area contributed by atoms with E-state index < -0.39 is 10.7 Å². The lowest BCUT2D eigenvalue weighted by atomic mass is 10.3. The number of hydrogen-bond donors (Lipinski definition) is 0. The number of nitro groups is 1. The molecule has 0 N–H and O–H groups in total. The van der Waals surface area contributed by atoms with Crippen LogP contribution in [0.3, 0.4) is 0 Å². The molecule has 0 unspecified atom stereocenters. The first-order chi connectivity index (χ1) is 9.56. The molecule has 2 heterocycles. The van der Waals surface area contributed by atoms with E-state index in [9.17, 15) is 14.5 Å². The van der Waals surface area contributed by atoms with Gasteiger partial charge in [0.25, 0.3) is 5.69 Å². The normalized spacial score (nSPS) is 8.55. The molecule has 2 rings (SSSR count). The Hall–Kier alpha value is -3.39. The highest BCUT2D eigenvalue weighted by Crippen LogP contribution is 2.09. The Kier molecular flexibility index (Phi) is 5.23. The summed E-state index contributed by atoms with van der Waals surface area (Å²) in [5, 5.41) is 26.6. The number of rotatable bonds is 1. The fraction of sp³-hybridized carbons (Fsp3) is 0. The Morgan fingerprint density at radius 2 is 1.65 bits per heavy atom. The van der Waals surface area contributed by atoms with Crippen molar-refractivity contribution in [2.24, 2.45) is 0 Å². The Morgan fingerprint density at radius 3 is 2.10 bits per heavy atom. The zero-order valence-corrected chi connectivity index (χ0v) is 9.89. The lowest BCUT2D eigenvalue weighted by Gasteiger charge is -1.88. The highest BCUT2D eigenvalue weighted by atomic mass is 19.1.